The third-order valence-corrected chi connectivity index (χ3v) is 2.94. The summed E-state index contributed by atoms with van der Waals surface area (Å²) < 4.78 is 5.24. The molecule has 0 heterocycles. The quantitative estimate of drug-likeness (QED) is 0.615. The average molecular weight is 285 g/mol. The van der Waals surface area contributed by atoms with Crippen molar-refractivity contribution in [3.05, 3.63) is 70.7 Å². The first-order valence-corrected chi connectivity index (χ1v) is 6.53. The zero-order valence-electron chi connectivity index (χ0n) is 11.0. The first kappa shape index (κ1) is 14.2. The Morgan fingerprint density at radius 1 is 1.10 bits per heavy atom. The minimum Gasteiger partial charge on any atom is -0.444 e. The molecule has 0 radical (unpaired) electrons. The molecule has 0 spiro atoms. The second-order valence-electron chi connectivity index (χ2n) is 4.15. The van der Waals surface area contributed by atoms with Gasteiger partial charge in [-0.3, -0.25) is 4.79 Å². The van der Waals surface area contributed by atoms with Gasteiger partial charge in [-0.05, 0) is 24.1 Å². The molecule has 0 saturated heterocycles. The highest BCUT2D eigenvalue weighted by atomic mass is 35.5. The zero-order chi connectivity index (χ0) is 14.4. The predicted molar refractivity (Wildman–Crippen MR) is 79.3 cm³/mol. The first-order chi connectivity index (χ1) is 9.66. The lowest BCUT2D eigenvalue weighted by atomic mass is 10.1. The third-order valence-electron chi connectivity index (χ3n) is 2.59. The summed E-state index contributed by atoms with van der Waals surface area (Å²) in [6.45, 7) is 1.36. The van der Waals surface area contributed by atoms with Crippen molar-refractivity contribution in [3.8, 4) is 11.8 Å². The van der Waals surface area contributed by atoms with Crippen LogP contribution in [0, 0.1) is 11.8 Å². The van der Waals surface area contributed by atoms with E-state index in [0.717, 1.165) is 5.56 Å². The monoisotopic (exact) mass is 284 g/mol. The lowest BCUT2D eigenvalue weighted by molar-refractivity contribution is -0.144. The van der Waals surface area contributed by atoms with Crippen LogP contribution >= 0.6 is 11.6 Å². The van der Waals surface area contributed by atoms with Crippen molar-refractivity contribution in [1.29, 1.82) is 0 Å². The Hall–Kier alpha value is -2.24. The molecule has 0 saturated carbocycles. The summed E-state index contributed by atoms with van der Waals surface area (Å²) in [5.74, 6) is 5.55. The number of carbonyl (C=O) groups is 1. The van der Waals surface area contributed by atoms with E-state index in [1.54, 1.807) is 12.1 Å². The Morgan fingerprint density at radius 2 is 1.75 bits per heavy atom. The van der Waals surface area contributed by atoms with E-state index in [0.29, 0.717) is 10.6 Å². The van der Waals surface area contributed by atoms with E-state index in [1.807, 2.05) is 42.5 Å². The SMILES string of the molecule is CC(=O)O[C@@H](C#Cc1ccccc1)c1ccccc1Cl. The van der Waals surface area contributed by atoms with Crippen LogP contribution in [0.25, 0.3) is 0 Å². The highest BCUT2D eigenvalue weighted by Gasteiger charge is 2.14. The van der Waals surface area contributed by atoms with Crippen molar-refractivity contribution in [3.63, 3.8) is 0 Å². The van der Waals surface area contributed by atoms with Gasteiger partial charge in [0.15, 0.2) is 6.10 Å². The van der Waals surface area contributed by atoms with Gasteiger partial charge in [0.1, 0.15) is 0 Å². The highest BCUT2D eigenvalue weighted by molar-refractivity contribution is 6.31. The molecular formula is C17H13ClO2. The highest BCUT2D eigenvalue weighted by Crippen LogP contribution is 2.25. The molecule has 0 aromatic heterocycles. The minimum atomic E-state index is -0.665. The van der Waals surface area contributed by atoms with Crippen LogP contribution in [0.4, 0.5) is 0 Å². The number of halogens is 1. The predicted octanol–water partition coefficient (Wildman–Crippen LogP) is 4.00. The van der Waals surface area contributed by atoms with Gasteiger partial charge in [-0.25, -0.2) is 0 Å². The molecule has 0 unspecified atom stereocenters. The Bertz CT molecular complexity index is 653. The molecule has 100 valence electrons. The molecule has 1 atom stereocenters. The largest absolute Gasteiger partial charge is 0.444 e. The maximum absolute atomic E-state index is 11.2. The topological polar surface area (TPSA) is 26.3 Å². The van der Waals surface area contributed by atoms with Gasteiger partial charge in [0.05, 0.1) is 0 Å². The van der Waals surface area contributed by atoms with E-state index < -0.39 is 12.1 Å². The molecule has 2 rings (SSSR count). The van der Waals surface area contributed by atoms with Gasteiger partial charge in [-0.1, -0.05) is 53.9 Å². The number of hydrogen-bond acceptors (Lipinski definition) is 2. The summed E-state index contributed by atoms with van der Waals surface area (Å²) in [6.07, 6.45) is -0.665. The number of rotatable bonds is 2. The number of carbonyl (C=O) groups excluding carboxylic acids is 1. The molecule has 0 amide bonds. The minimum absolute atomic E-state index is 0.391. The van der Waals surface area contributed by atoms with Gasteiger partial charge in [0.2, 0.25) is 0 Å². The molecule has 2 aromatic rings. The Morgan fingerprint density at radius 3 is 2.40 bits per heavy atom. The van der Waals surface area contributed by atoms with Crippen LogP contribution in [0.1, 0.15) is 24.2 Å². The molecule has 0 fully saturated rings. The average Bonchev–Trinajstić information content (AvgIpc) is 2.45. The first-order valence-electron chi connectivity index (χ1n) is 6.15. The maximum Gasteiger partial charge on any atom is 0.304 e. The van der Waals surface area contributed by atoms with E-state index in [4.69, 9.17) is 16.3 Å². The molecule has 0 aliphatic rings. The third kappa shape index (κ3) is 3.88. The van der Waals surface area contributed by atoms with Crippen molar-refractivity contribution in [2.75, 3.05) is 0 Å². The Labute approximate surface area is 123 Å². The smallest absolute Gasteiger partial charge is 0.304 e. The van der Waals surface area contributed by atoms with Crippen LogP contribution in [0.15, 0.2) is 54.6 Å². The van der Waals surface area contributed by atoms with Crippen molar-refractivity contribution in [1.82, 2.24) is 0 Å². The number of benzene rings is 2. The molecule has 0 N–H and O–H groups in total. The van der Waals surface area contributed by atoms with Gasteiger partial charge < -0.3 is 4.74 Å². The van der Waals surface area contributed by atoms with Crippen LogP contribution < -0.4 is 0 Å². The summed E-state index contributed by atoms with van der Waals surface area (Å²) in [5.41, 5.74) is 1.55. The Balaban J connectivity index is 2.32. The van der Waals surface area contributed by atoms with Crippen LogP contribution in [-0.4, -0.2) is 5.97 Å². The van der Waals surface area contributed by atoms with Crippen molar-refractivity contribution in [2.45, 2.75) is 13.0 Å². The zero-order valence-corrected chi connectivity index (χ0v) is 11.7. The van der Waals surface area contributed by atoms with E-state index >= 15 is 0 Å². The van der Waals surface area contributed by atoms with Crippen LogP contribution in [-0.2, 0) is 9.53 Å². The van der Waals surface area contributed by atoms with Crippen molar-refractivity contribution in [2.24, 2.45) is 0 Å². The number of ether oxygens (including phenoxy) is 1. The van der Waals surface area contributed by atoms with Crippen LogP contribution in [0.3, 0.4) is 0 Å². The molecule has 0 aliphatic carbocycles. The van der Waals surface area contributed by atoms with Crippen molar-refractivity contribution >= 4 is 17.6 Å². The molecule has 20 heavy (non-hydrogen) atoms. The fraction of sp³-hybridized carbons (Fsp3) is 0.118. The standard InChI is InChI=1S/C17H13ClO2/c1-13(19)20-17(15-9-5-6-10-16(15)18)12-11-14-7-3-2-4-8-14/h2-10,17H,1H3/t17-/m0/s1. The van der Waals surface area contributed by atoms with E-state index in [9.17, 15) is 4.79 Å². The van der Waals surface area contributed by atoms with Crippen LogP contribution in [0.5, 0.6) is 0 Å². The van der Waals surface area contributed by atoms with E-state index in [1.165, 1.54) is 6.92 Å². The second-order valence-corrected chi connectivity index (χ2v) is 4.55. The number of esters is 1. The van der Waals surface area contributed by atoms with Crippen molar-refractivity contribution < 1.29 is 9.53 Å². The van der Waals surface area contributed by atoms with Gasteiger partial charge >= 0.3 is 5.97 Å². The molecule has 3 heteroatoms. The lowest BCUT2D eigenvalue weighted by Gasteiger charge is -2.12. The number of hydrogen-bond donors (Lipinski definition) is 0. The van der Waals surface area contributed by atoms with Gasteiger partial charge in [0, 0.05) is 23.1 Å². The molecule has 2 aromatic carbocycles. The van der Waals surface area contributed by atoms with Crippen LogP contribution in [0.2, 0.25) is 5.02 Å². The van der Waals surface area contributed by atoms with Gasteiger partial charge in [0.25, 0.3) is 0 Å². The summed E-state index contributed by atoms with van der Waals surface area (Å²) in [7, 11) is 0. The Kier molecular flexibility index (Phi) is 4.81. The van der Waals surface area contributed by atoms with E-state index in [2.05, 4.69) is 11.8 Å². The maximum atomic E-state index is 11.2. The second kappa shape index (κ2) is 6.79. The molecule has 0 bridgehead atoms. The molecule has 0 aliphatic heterocycles. The fourth-order valence-corrected chi connectivity index (χ4v) is 1.93. The molecular weight excluding hydrogens is 272 g/mol. The summed E-state index contributed by atoms with van der Waals surface area (Å²) in [6, 6.07) is 16.7. The van der Waals surface area contributed by atoms with Gasteiger partial charge in [-0.2, -0.15) is 0 Å². The molecule has 2 nitrogen and oxygen atoms in total. The summed E-state index contributed by atoms with van der Waals surface area (Å²) in [5, 5.41) is 0.529. The fourth-order valence-electron chi connectivity index (χ4n) is 1.69. The summed E-state index contributed by atoms with van der Waals surface area (Å²) in [4.78, 5) is 11.2. The lowest BCUT2D eigenvalue weighted by Crippen LogP contribution is -2.07. The van der Waals surface area contributed by atoms with E-state index in [-0.39, 0.29) is 0 Å². The summed E-state index contributed by atoms with van der Waals surface area (Å²) >= 11 is 6.13. The normalized spacial score (nSPS) is 11.1. The van der Waals surface area contributed by atoms with Gasteiger partial charge in [-0.15, -0.1) is 0 Å².